The smallest absolute Gasteiger partial charge is 0.350 e. The molecule has 1 unspecified atom stereocenters. The monoisotopic (exact) mass is 302 g/mol. The van der Waals surface area contributed by atoms with Crippen molar-refractivity contribution < 1.29 is 9.53 Å². The highest BCUT2D eigenvalue weighted by molar-refractivity contribution is 7.17. The number of benzene rings is 1. The summed E-state index contributed by atoms with van der Waals surface area (Å²) in [5.41, 5.74) is 3.58. The molecule has 4 nitrogen and oxygen atoms in total. The minimum atomic E-state index is -0.313. The number of hydrogen-bond donors (Lipinski definition) is 1. The summed E-state index contributed by atoms with van der Waals surface area (Å²) in [7, 11) is 1.40. The number of aryl methyl sites for hydroxylation is 2. The van der Waals surface area contributed by atoms with Crippen molar-refractivity contribution in [2.24, 2.45) is 0 Å². The standard InChI is InChI=1S/C16H18N2O2S/c1-10-14(15(19)20-2)21-16(17-10)18-13-8-7-11-5-3-4-6-12(11)9-13/h3-6,13H,7-9H2,1-2H3,(H,17,18). The van der Waals surface area contributed by atoms with Gasteiger partial charge in [-0.25, -0.2) is 9.78 Å². The number of thiazole rings is 1. The Morgan fingerprint density at radius 3 is 2.90 bits per heavy atom. The second kappa shape index (κ2) is 5.85. The van der Waals surface area contributed by atoms with E-state index >= 15 is 0 Å². The van der Waals surface area contributed by atoms with Crippen molar-refractivity contribution in [1.29, 1.82) is 0 Å². The summed E-state index contributed by atoms with van der Waals surface area (Å²) in [6, 6.07) is 8.95. The SMILES string of the molecule is COC(=O)c1sc(NC2CCc3ccccc3C2)nc1C. The van der Waals surface area contributed by atoms with E-state index in [1.807, 2.05) is 6.92 Å². The van der Waals surface area contributed by atoms with E-state index in [2.05, 4.69) is 34.6 Å². The Morgan fingerprint density at radius 2 is 2.14 bits per heavy atom. The zero-order chi connectivity index (χ0) is 14.8. The molecule has 1 aliphatic rings. The number of hydrogen-bond acceptors (Lipinski definition) is 5. The quantitative estimate of drug-likeness (QED) is 0.885. The maximum Gasteiger partial charge on any atom is 0.350 e. The van der Waals surface area contributed by atoms with E-state index in [1.54, 1.807) is 0 Å². The highest BCUT2D eigenvalue weighted by Gasteiger charge is 2.21. The Kier molecular flexibility index (Phi) is 3.92. The molecule has 0 spiro atoms. The van der Waals surface area contributed by atoms with Crippen molar-refractivity contribution in [2.45, 2.75) is 32.2 Å². The molecular formula is C16H18N2O2S. The second-order valence-corrected chi connectivity index (χ2v) is 6.28. The number of rotatable bonds is 3. The summed E-state index contributed by atoms with van der Waals surface area (Å²) in [6.45, 7) is 1.84. The molecule has 0 saturated carbocycles. The summed E-state index contributed by atoms with van der Waals surface area (Å²) in [6.07, 6.45) is 3.17. The van der Waals surface area contributed by atoms with Crippen LogP contribution in [0.25, 0.3) is 0 Å². The van der Waals surface area contributed by atoms with Gasteiger partial charge in [0.1, 0.15) is 4.88 Å². The molecule has 5 heteroatoms. The minimum absolute atomic E-state index is 0.313. The van der Waals surface area contributed by atoms with E-state index in [4.69, 9.17) is 4.74 Å². The van der Waals surface area contributed by atoms with Crippen molar-refractivity contribution >= 4 is 22.4 Å². The number of anilines is 1. The minimum Gasteiger partial charge on any atom is -0.465 e. The van der Waals surface area contributed by atoms with Gasteiger partial charge < -0.3 is 10.1 Å². The molecule has 0 radical (unpaired) electrons. The summed E-state index contributed by atoms with van der Waals surface area (Å²) >= 11 is 1.37. The third-order valence-electron chi connectivity index (χ3n) is 3.84. The molecule has 1 aliphatic carbocycles. The van der Waals surface area contributed by atoms with E-state index in [1.165, 1.54) is 29.6 Å². The predicted octanol–water partition coefficient (Wildman–Crippen LogP) is 3.21. The molecule has 1 N–H and O–H groups in total. The Bertz CT molecular complexity index is 666. The van der Waals surface area contributed by atoms with E-state index in [-0.39, 0.29) is 5.97 Å². The van der Waals surface area contributed by atoms with Crippen LogP contribution in [0.5, 0.6) is 0 Å². The first-order valence-corrected chi connectivity index (χ1v) is 7.88. The number of ether oxygens (including phenoxy) is 1. The molecule has 0 fully saturated rings. The first kappa shape index (κ1) is 14.1. The van der Waals surface area contributed by atoms with Crippen LogP contribution < -0.4 is 5.32 Å². The lowest BCUT2D eigenvalue weighted by molar-refractivity contribution is 0.0605. The lowest BCUT2D eigenvalue weighted by Crippen LogP contribution is -2.27. The fourth-order valence-corrected chi connectivity index (χ4v) is 3.70. The average molecular weight is 302 g/mol. The Morgan fingerprint density at radius 1 is 1.38 bits per heavy atom. The Hall–Kier alpha value is -1.88. The van der Waals surface area contributed by atoms with E-state index in [0.717, 1.165) is 30.1 Å². The molecule has 0 bridgehead atoms. The molecule has 0 saturated heterocycles. The van der Waals surface area contributed by atoms with Crippen molar-refractivity contribution in [3.05, 3.63) is 46.0 Å². The number of nitrogens with one attached hydrogen (secondary N) is 1. The fourth-order valence-electron chi connectivity index (χ4n) is 2.74. The van der Waals surface area contributed by atoms with Gasteiger partial charge in [0, 0.05) is 6.04 Å². The molecule has 2 aromatic rings. The molecule has 0 aliphatic heterocycles. The number of carbonyl (C=O) groups is 1. The lowest BCUT2D eigenvalue weighted by Gasteiger charge is -2.25. The number of esters is 1. The predicted molar refractivity (Wildman–Crippen MR) is 84.1 cm³/mol. The van der Waals surface area contributed by atoms with E-state index < -0.39 is 0 Å². The summed E-state index contributed by atoms with van der Waals surface area (Å²) in [5, 5.41) is 4.26. The second-order valence-electron chi connectivity index (χ2n) is 5.28. The average Bonchev–Trinajstić information content (AvgIpc) is 2.87. The molecule has 21 heavy (non-hydrogen) atoms. The van der Waals surface area contributed by atoms with E-state index in [9.17, 15) is 4.79 Å². The fraction of sp³-hybridized carbons (Fsp3) is 0.375. The summed E-state index contributed by atoms with van der Waals surface area (Å²) < 4.78 is 4.77. The zero-order valence-electron chi connectivity index (χ0n) is 12.2. The normalized spacial score (nSPS) is 17.1. The van der Waals surface area contributed by atoms with Crippen molar-refractivity contribution in [2.75, 3.05) is 12.4 Å². The first-order valence-electron chi connectivity index (χ1n) is 7.06. The highest BCUT2D eigenvalue weighted by atomic mass is 32.1. The number of aromatic nitrogens is 1. The Labute approximate surface area is 128 Å². The van der Waals surface area contributed by atoms with E-state index in [0.29, 0.717) is 10.9 Å². The third kappa shape index (κ3) is 2.93. The number of carbonyl (C=O) groups excluding carboxylic acids is 1. The summed E-state index contributed by atoms with van der Waals surface area (Å²) in [5.74, 6) is -0.313. The van der Waals surface area contributed by atoms with Crippen molar-refractivity contribution in [3.8, 4) is 0 Å². The van der Waals surface area contributed by atoms with Gasteiger partial charge in [-0.3, -0.25) is 0 Å². The molecule has 1 aromatic carbocycles. The lowest BCUT2D eigenvalue weighted by atomic mass is 9.88. The molecular weight excluding hydrogens is 284 g/mol. The number of nitrogens with zero attached hydrogens (tertiary/aromatic N) is 1. The molecule has 110 valence electrons. The van der Waals surface area contributed by atoms with Crippen molar-refractivity contribution in [1.82, 2.24) is 4.98 Å². The van der Waals surface area contributed by atoms with Gasteiger partial charge in [0.25, 0.3) is 0 Å². The van der Waals surface area contributed by atoms with Gasteiger partial charge in [0.15, 0.2) is 5.13 Å². The number of fused-ring (bicyclic) bond motifs is 1. The van der Waals surface area contributed by atoms with Gasteiger partial charge in [-0.1, -0.05) is 35.6 Å². The molecule has 0 amide bonds. The largest absolute Gasteiger partial charge is 0.465 e. The maximum atomic E-state index is 11.6. The van der Waals surface area contributed by atoms with Crippen LogP contribution in [-0.4, -0.2) is 24.1 Å². The number of methoxy groups -OCH3 is 1. The van der Waals surface area contributed by atoms with Crippen LogP contribution in [0, 0.1) is 6.92 Å². The van der Waals surface area contributed by atoms with Crippen LogP contribution in [0.2, 0.25) is 0 Å². The zero-order valence-corrected chi connectivity index (χ0v) is 13.0. The van der Waals surface area contributed by atoms with Crippen LogP contribution in [0.4, 0.5) is 5.13 Å². The van der Waals surface area contributed by atoms with Gasteiger partial charge >= 0.3 is 5.97 Å². The van der Waals surface area contributed by atoms with Crippen LogP contribution >= 0.6 is 11.3 Å². The molecule has 1 atom stereocenters. The topological polar surface area (TPSA) is 51.2 Å². The maximum absolute atomic E-state index is 11.6. The van der Waals surface area contributed by atoms with Crippen molar-refractivity contribution in [3.63, 3.8) is 0 Å². The molecule has 1 heterocycles. The van der Waals surface area contributed by atoms with Crippen LogP contribution in [0.3, 0.4) is 0 Å². The summed E-state index contributed by atoms with van der Waals surface area (Å²) in [4.78, 5) is 16.6. The van der Waals surface area contributed by atoms with Gasteiger partial charge in [0.2, 0.25) is 0 Å². The first-order chi connectivity index (χ1) is 10.2. The Balaban J connectivity index is 1.72. The molecule has 3 rings (SSSR count). The van der Waals surface area contributed by atoms with Gasteiger partial charge in [0.05, 0.1) is 12.8 Å². The highest BCUT2D eigenvalue weighted by Crippen LogP contribution is 2.27. The third-order valence-corrected chi connectivity index (χ3v) is 4.91. The van der Waals surface area contributed by atoms with Gasteiger partial charge in [-0.15, -0.1) is 0 Å². The van der Waals surface area contributed by atoms with Crippen LogP contribution in [0.1, 0.15) is 32.9 Å². The van der Waals surface area contributed by atoms with Gasteiger partial charge in [-0.2, -0.15) is 0 Å². The van der Waals surface area contributed by atoms with Gasteiger partial charge in [-0.05, 0) is 37.3 Å². The van der Waals surface area contributed by atoms with Crippen LogP contribution in [0.15, 0.2) is 24.3 Å². The van der Waals surface area contributed by atoms with Crippen LogP contribution in [-0.2, 0) is 17.6 Å². The molecule has 1 aromatic heterocycles.